The van der Waals surface area contributed by atoms with E-state index in [1.165, 1.54) is 24.3 Å². The van der Waals surface area contributed by atoms with Crippen LogP contribution in [0.3, 0.4) is 0 Å². The van der Waals surface area contributed by atoms with Crippen molar-refractivity contribution in [3.63, 3.8) is 0 Å². The van der Waals surface area contributed by atoms with Crippen molar-refractivity contribution in [1.29, 1.82) is 0 Å². The van der Waals surface area contributed by atoms with Crippen molar-refractivity contribution in [3.05, 3.63) is 77.4 Å². The van der Waals surface area contributed by atoms with Crippen LogP contribution in [0.2, 0.25) is 0 Å². The number of carboxylic acid groups (broad SMARTS) is 1. The van der Waals surface area contributed by atoms with Crippen molar-refractivity contribution in [3.8, 4) is 0 Å². The van der Waals surface area contributed by atoms with E-state index < -0.39 is 40.4 Å². The summed E-state index contributed by atoms with van der Waals surface area (Å²) in [5, 5.41) is 13.8. The highest BCUT2D eigenvalue weighted by molar-refractivity contribution is 7.88. The van der Waals surface area contributed by atoms with Gasteiger partial charge in [0, 0.05) is 18.7 Å². The molecule has 0 spiro atoms. The van der Waals surface area contributed by atoms with E-state index in [9.17, 15) is 32.7 Å². The van der Waals surface area contributed by atoms with E-state index in [1.807, 2.05) is 23.8 Å². The van der Waals surface area contributed by atoms with Crippen molar-refractivity contribution in [2.45, 2.75) is 26.3 Å². The van der Waals surface area contributed by atoms with Gasteiger partial charge in [-0.1, -0.05) is 55.8 Å². The number of hydrogen-bond acceptors (Lipinski definition) is 6. The van der Waals surface area contributed by atoms with Crippen LogP contribution in [0.5, 0.6) is 0 Å². The number of amides is 3. The summed E-state index contributed by atoms with van der Waals surface area (Å²) in [6, 6.07) is 16.4. The van der Waals surface area contributed by atoms with E-state index >= 15 is 0 Å². The largest absolute Gasteiger partial charge is 0.480 e. The first-order valence-electron chi connectivity index (χ1n) is 12.3. The third-order valence-electron chi connectivity index (χ3n) is 6.24. The lowest BCUT2D eigenvalue weighted by Crippen LogP contribution is -2.38. The standard InChI is InChI=1S/C27H28N4O7S/c1-2-3-14-28-26(35)25-21-7-5-4-6-19(21)12-13-22(25)31(17-24(33)34)27(36)20-10-8-18(9-11-20)15-30-16-23(32)29-39(30,37)38/h4-13H,2-3,14-17H2,1H3,(H,28,35)(H,29,32)(H,33,34). The van der Waals surface area contributed by atoms with Gasteiger partial charge in [0.15, 0.2) is 0 Å². The summed E-state index contributed by atoms with van der Waals surface area (Å²) < 4.78 is 26.9. The Bertz CT molecular complexity index is 1540. The minimum atomic E-state index is -3.91. The topological polar surface area (TPSA) is 153 Å². The highest BCUT2D eigenvalue weighted by atomic mass is 32.2. The van der Waals surface area contributed by atoms with Crippen LogP contribution in [-0.4, -0.2) is 61.2 Å². The summed E-state index contributed by atoms with van der Waals surface area (Å²) >= 11 is 0. The minimum absolute atomic E-state index is 0.0822. The molecule has 4 rings (SSSR count). The average Bonchev–Trinajstić information content (AvgIpc) is 3.16. The summed E-state index contributed by atoms with van der Waals surface area (Å²) in [6.45, 7) is 1.35. The molecule has 1 heterocycles. The molecule has 1 saturated heterocycles. The van der Waals surface area contributed by atoms with Crippen LogP contribution < -0.4 is 14.9 Å². The molecule has 12 heteroatoms. The Balaban J connectivity index is 1.68. The zero-order valence-electron chi connectivity index (χ0n) is 21.2. The predicted molar refractivity (Wildman–Crippen MR) is 144 cm³/mol. The molecule has 1 aliphatic rings. The summed E-state index contributed by atoms with van der Waals surface area (Å²) in [5.41, 5.74) is 1.03. The maximum Gasteiger partial charge on any atom is 0.323 e. The molecule has 0 aromatic heterocycles. The molecule has 3 N–H and O–H groups in total. The molecule has 3 amide bonds. The highest BCUT2D eigenvalue weighted by Crippen LogP contribution is 2.30. The number of fused-ring (bicyclic) bond motifs is 1. The molecule has 0 unspecified atom stereocenters. The van der Waals surface area contributed by atoms with Crippen molar-refractivity contribution < 1.29 is 32.7 Å². The SMILES string of the molecule is CCCCNC(=O)c1c(N(CC(=O)O)C(=O)c2ccc(CN3CC(=O)NS3(=O)=O)cc2)ccc2ccccc12. The van der Waals surface area contributed by atoms with E-state index in [2.05, 4.69) is 5.32 Å². The zero-order chi connectivity index (χ0) is 28.2. The van der Waals surface area contributed by atoms with E-state index in [-0.39, 0.29) is 29.9 Å². The van der Waals surface area contributed by atoms with E-state index in [0.717, 1.165) is 27.4 Å². The fourth-order valence-electron chi connectivity index (χ4n) is 4.33. The smallest absolute Gasteiger partial charge is 0.323 e. The molecule has 3 aromatic carbocycles. The summed E-state index contributed by atoms with van der Waals surface area (Å²) in [7, 11) is -3.91. The summed E-state index contributed by atoms with van der Waals surface area (Å²) in [5.74, 6) is -2.95. The van der Waals surface area contributed by atoms with E-state index in [1.54, 1.807) is 24.3 Å². The molecule has 0 bridgehead atoms. The Morgan fingerprint density at radius 2 is 1.77 bits per heavy atom. The number of carbonyl (C=O) groups excluding carboxylic acids is 3. The number of rotatable bonds is 10. The van der Waals surface area contributed by atoms with Crippen LogP contribution in [0.15, 0.2) is 60.7 Å². The molecule has 0 atom stereocenters. The molecule has 204 valence electrons. The van der Waals surface area contributed by atoms with Gasteiger partial charge in [-0.15, -0.1) is 0 Å². The van der Waals surface area contributed by atoms with Crippen LogP contribution in [-0.2, 0) is 26.3 Å². The van der Waals surface area contributed by atoms with Gasteiger partial charge in [-0.25, -0.2) is 4.72 Å². The monoisotopic (exact) mass is 552 g/mol. The molecule has 11 nitrogen and oxygen atoms in total. The van der Waals surface area contributed by atoms with Crippen molar-refractivity contribution in [1.82, 2.24) is 14.3 Å². The number of anilines is 1. The second-order valence-electron chi connectivity index (χ2n) is 9.07. The molecule has 39 heavy (non-hydrogen) atoms. The normalized spacial score (nSPS) is 14.6. The van der Waals surface area contributed by atoms with Crippen molar-refractivity contribution in [2.24, 2.45) is 0 Å². The minimum Gasteiger partial charge on any atom is -0.480 e. The first-order valence-corrected chi connectivity index (χ1v) is 13.8. The number of benzene rings is 3. The van der Waals surface area contributed by atoms with Crippen LogP contribution in [0.25, 0.3) is 10.8 Å². The predicted octanol–water partition coefficient (Wildman–Crippen LogP) is 2.28. The maximum absolute atomic E-state index is 13.6. The molecule has 0 aliphatic carbocycles. The Morgan fingerprint density at radius 1 is 1.05 bits per heavy atom. The van der Waals surface area contributed by atoms with Gasteiger partial charge in [-0.2, -0.15) is 12.7 Å². The lowest BCUT2D eigenvalue weighted by Gasteiger charge is -2.25. The molecule has 0 radical (unpaired) electrons. The number of unbranched alkanes of at least 4 members (excludes halogenated alkanes) is 1. The van der Waals surface area contributed by atoms with Crippen molar-refractivity contribution in [2.75, 3.05) is 24.5 Å². The molecule has 1 fully saturated rings. The third-order valence-corrected chi connectivity index (χ3v) is 7.67. The van der Waals surface area contributed by atoms with Gasteiger partial charge in [0.2, 0.25) is 5.91 Å². The maximum atomic E-state index is 13.6. The Hall–Kier alpha value is -4.29. The molecule has 3 aromatic rings. The number of carboxylic acids is 1. The van der Waals surface area contributed by atoms with Gasteiger partial charge in [0.05, 0.1) is 17.8 Å². The molecule has 0 saturated carbocycles. The van der Waals surface area contributed by atoms with Gasteiger partial charge in [-0.05, 0) is 41.0 Å². The Kier molecular flexibility index (Phi) is 8.27. The molecular formula is C27H28N4O7S. The number of hydrogen-bond donors (Lipinski definition) is 3. The Morgan fingerprint density at radius 3 is 2.41 bits per heavy atom. The van der Waals surface area contributed by atoms with Crippen LogP contribution in [0, 0.1) is 0 Å². The molecule has 1 aliphatic heterocycles. The van der Waals surface area contributed by atoms with Crippen LogP contribution >= 0.6 is 0 Å². The van der Waals surface area contributed by atoms with Crippen LogP contribution in [0.4, 0.5) is 5.69 Å². The number of nitrogens with zero attached hydrogens (tertiary/aromatic N) is 2. The number of carbonyl (C=O) groups is 4. The quantitative estimate of drug-likeness (QED) is 0.326. The Labute approximate surface area is 225 Å². The van der Waals surface area contributed by atoms with Gasteiger partial charge in [0.25, 0.3) is 11.8 Å². The van der Waals surface area contributed by atoms with Gasteiger partial charge in [0.1, 0.15) is 6.54 Å². The average molecular weight is 553 g/mol. The second kappa shape index (κ2) is 11.6. The number of aliphatic carboxylic acids is 1. The number of nitrogens with one attached hydrogen (secondary N) is 2. The summed E-state index contributed by atoms with van der Waals surface area (Å²) in [6.07, 6.45) is 1.64. The van der Waals surface area contributed by atoms with Crippen molar-refractivity contribution >= 4 is 50.4 Å². The van der Waals surface area contributed by atoms with Crippen LogP contribution in [0.1, 0.15) is 46.0 Å². The first kappa shape index (κ1) is 27.7. The van der Waals surface area contributed by atoms with E-state index in [0.29, 0.717) is 17.5 Å². The fourth-order valence-corrected chi connectivity index (χ4v) is 5.42. The van der Waals surface area contributed by atoms with Gasteiger partial charge in [-0.3, -0.25) is 24.1 Å². The van der Waals surface area contributed by atoms with Gasteiger partial charge < -0.3 is 10.4 Å². The highest BCUT2D eigenvalue weighted by Gasteiger charge is 2.33. The summed E-state index contributed by atoms with van der Waals surface area (Å²) in [4.78, 5) is 51.3. The second-order valence-corrected chi connectivity index (χ2v) is 10.7. The lowest BCUT2D eigenvalue weighted by atomic mass is 10.00. The third kappa shape index (κ3) is 6.24. The zero-order valence-corrected chi connectivity index (χ0v) is 22.0. The lowest BCUT2D eigenvalue weighted by molar-refractivity contribution is -0.135. The fraction of sp³-hybridized carbons (Fsp3) is 0.259. The molecular weight excluding hydrogens is 524 g/mol. The van der Waals surface area contributed by atoms with E-state index in [4.69, 9.17) is 0 Å². The van der Waals surface area contributed by atoms with Gasteiger partial charge >= 0.3 is 16.2 Å². The first-order chi connectivity index (χ1) is 18.6.